The molecule has 0 amide bonds. The van der Waals surface area contributed by atoms with Gasteiger partial charge in [-0.25, -0.2) is 4.79 Å². The highest BCUT2D eigenvalue weighted by molar-refractivity contribution is 5.93. The largest absolute Gasteiger partial charge is 0.472 e. The summed E-state index contributed by atoms with van der Waals surface area (Å²) in [5.74, 6) is -2.57. The number of Topliss-reactive ketones (excluding diaryl/α,β-unsaturated/α-hetero) is 1. The van der Waals surface area contributed by atoms with E-state index in [9.17, 15) is 24.6 Å². The molecule has 9 heteroatoms. The Morgan fingerprint density at radius 2 is 1.71 bits per heavy atom. The summed E-state index contributed by atoms with van der Waals surface area (Å²) >= 11 is 0. The number of ether oxygens (including phenoxy) is 3. The fourth-order valence-electron chi connectivity index (χ4n) is 9.05. The van der Waals surface area contributed by atoms with E-state index >= 15 is 0 Å². The monoisotopic (exact) mass is 488 g/mol. The summed E-state index contributed by atoms with van der Waals surface area (Å²) in [7, 11) is 0. The van der Waals surface area contributed by atoms with Gasteiger partial charge >= 0.3 is 11.9 Å². The van der Waals surface area contributed by atoms with E-state index < -0.39 is 75.6 Å². The molecule has 3 aliphatic heterocycles. The Kier molecular flexibility index (Phi) is 4.34. The number of epoxide rings is 1. The van der Waals surface area contributed by atoms with Crippen molar-refractivity contribution in [2.24, 2.45) is 28.1 Å². The van der Waals surface area contributed by atoms with Crippen LogP contribution in [0.25, 0.3) is 0 Å². The highest BCUT2D eigenvalue weighted by atomic mass is 16.7. The van der Waals surface area contributed by atoms with Crippen molar-refractivity contribution in [2.45, 2.75) is 89.5 Å². The number of carbonyl (C=O) groups is 3. The first-order valence-electron chi connectivity index (χ1n) is 12.3. The quantitative estimate of drug-likeness (QED) is 0.450. The van der Waals surface area contributed by atoms with Gasteiger partial charge in [0.1, 0.15) is 23.1 Å². The van der Waals surface area contributed by atoms with Crippen molar-refractivity contribution >= 4 is 17.7 Å². The number of esters is 2. The van der Waals surface area contributed by atoms with E-state index in [1.807, 2.05) is 13.8 Å². The molecule has 2 saturated carbocycles. The summed E-state index contributed by atoms with van der Waals surface area (Å²) < 4.78 is 23.0. The fourth-order valence-corrected chi connectivity index (χ4v) is 9.05. The summed E-state index contributed by atoms with van der Waals surface area (Å²) in [5.41, 5.74) is -4.94. The molecular weight excluding hydrogens is 456 g/mol. The second-order valence-corrected chi connectivity index (χ2v) is 12.3. The Morgan fingerprint density at radius 3 is 2.37 bits per heavy atom. The molecule has 10 atom stereocenters. The number of furan rings is 1. The molecule has 2 N–H and O–H groups in total. The van der Waals surface area contributed by atoms with Crippen LogP contribution in [0.2, 0.25) is 0 Å². The molecule has 0 bridgehead atoms. The molecule has 1 spiro atoms. The third kappa shape index (κ3) is 2.42. The molecule has 35 heavy (non-hydrogen) atoms. The number of rotatable bonds is 1. The molecule has 2 aliphatic carbocycles. The van der Waals surface area contributed by atoms with Crippen molar-refractivity contribution in [3.8, 4) is 0 Å². The lowest BCUT2D eigenvalue weighted by molar-refractivity contribution is -0.257. The first kappa shape index (κ1) is 23.2. The van der Waals surface area contributed by atoms with Crippen LogP contribution in [-0.4, -0.2) is 57.4 Å². The van der Waals surface area contributed by atoms with Gasteiger partial charge in [0.2, 0.25) is 0 Å². The summed E-state index contributed by atoms with van der Waals surface area (Å²) in [6.07, 6.45) is -0.973. The van der Waals surface area contributed by atoms with E-state index in [0.717, 1.165) is 0 Å². The lowest BCUT2D eigenvalue weighted by Gasteiger charge is -2.67. The minimum atomic E-state index is -1.32. The summed E-state index contributed by atoms with van der Waals surface area (Å²) in [6.45, 7) is 9.01. The van der Waals surface area contributed by atoms with E-state index in [4.69, 9.17) is 18.6 Å². The number of carbonyl (C=O) groups excluding carboxylic acids is 3. The van der Waals surface area contributed by atoms with Gasteiger partial charge < -0.3 is 28.8 Å². The average molecular weight is 489 g/mol. The van der Waals surface area contributed by atoms with Crippen LogP contribution < -0.4 is 0 Å². The first-order valence-corrected chi connectivity index (χ1v) is 12.3. The average Bonchev–Trinajstić information content (AvgIpc) is 3.34. The first-order chi connectivity index (χ1) is 16.2. The topological polar surface area (TPSA) is 136 Å². The molecule has 0 unspecified atom stereocenters. The SMILES string of the molecule is CC1(C)OC(=O)C[C@@H](O)[C@@]2(C)[C@H]3[C@H](O)C[C@@]4(C)[C@@H](c5ccoc5)OC(=O)[C@@H]5O[C@@]54[C@@]3(C)C(=O)C[C@@H]12. The van der Waals surface area contributed by atoms with Gasteiger partial charge in [-0.3, -0.25) is 9.59 Å². The predicted molar refractivity (Wildman–Crippen MR) is 117 cm³/mol. The number of hydrogen-bond donors (Lipinski definition) is 2. The van der Waals surface area contributed by atoms with E-state index in [-0.39, 0.29) is 25.0 Å². The number of fused-ring (bicyclic) bond motifs is 3. The molecule has 3 saturated heterocycles. The molecule has 190 valence electrons. The number of aliphatic hydroxyl groups excluding tert-OH is 2. The summed E-state index contributed by atoms with van der Waals surface area (Å²) in [4.78, 5) is 39.9. The molecule has 0 radical (unpaired) electrons. The van der Waals surface area contributed by atoms with E-state index in [1.165, 1.54) is 12.5 Å². The van der Waals surface area contributed by atoms with Crippen molar-refractivity contribution in [3.05, 3.63) is 24.2 Å². The van der Waals surface area contributed by atoms with Crippen molar-refractivity contribution in [1.82, 2.24) is 0 Å². The lowest BCUT2D eigenvalue weighted by Crippen LogP contribution is -2.75. The maximum Gasteiger partial charge on any atom is 0.339 e. The highest BCUT2D eigenvalue weighted by Gasteiger charge is 2.90. The molecule has 4 heterocycles. The fraction of sp³-hybridized carbons (Fsp3) is 0.731. The molecule has 5 fully saturated rings. The smallest absolute Gasteiger partial charge is 0.339 e. The van der Waals surface area contributed by atoms with Gasteiger partial charge in [0.05, 0.1) is 36.6 Å². The minimum Gasteiger partial charge on any atom is -0.472 e. The Hall–Kier alpha value is -2.23. The van der Waals surface area contributed by atoms with Gasteiger partial charge in [-0.2, -0.15) is 0 Å². The number of cyclic esters (lactones) is 2. The maximum atomic E-state index is 14.2. The third-order valence-corrected chi connectivity index (χ3v) is 10.4. The van der Waals surface area contributed by atoms with E-state index in [0.29, 0.717) is 5.56 Å². The van der Waals surface area contributed by atoms with Gasteiger partial charge in [-0.1, -0.05) is 13.8 Å². The number of ketones is 1. The van der Waals surface area contributed by atoms with Crippen molar-refractivity contribution in [2.75, 3.05) is 0 Å². The standard InChI is InChI=1S/C26H32O9/c1-22(2)14-8-16(29)25(5)18(24(14,4)15(28)9-17(30)34-22)13(27)10-23(3)19(12-6-7-32-11-12)33-21(31)20-26(23,25)35-20/h6-7,11,13-15,18-20,27-28H,8-10H2,1-5H3/t13-,14+,15-,18-,19-,20+,23+,24+,25+,26+/m1/s1. The zero-order valence-corrected chi connectivity index (χ0v) is 20.6. The second kappa shape index (κ2) is 6.55. The van der Waals surface area contributed by atoms with Crippen LogP contribution in [0.5, 0.6) is 0 Å². The molecular formula is C26H32O9. The summed E-state index contributed by atoms with van der Waals surface area (Å²) in [5, 5.41) is 23.3. The van der Waals surface area contributed by atoms with Gasteiger partial charge in [-0.15, -0.1) is 0 Å². The molecule has 1 aromatic rings. The van der Waals surface area contributed by atoms with Crippen molar-refractivity contribution in [3.63, 3.8) is 0 Å². The highest BCUT2D eigenvalue weighted by Crippen LogP contribution is 2.78. The van der Waals surface area contributed by atoms with Crippen LogP contribution in [0.15, 0.2) is 23.0 Å². The lowest BCUT2D eigenvalue weighted by atomic mass is 9.36. The Labute approximate surface area is 203 Å². The molecule has 1 aromatic heterocycles. The van der Waals surface area contributed by atoms with Crippen LogP contribution >= 0.6 is 0 Å². The second-order valence-electron chi connectivity index (χ2n) is 12.3. The molecule has 0 aromatic carbocycles. The van der Waals surface area contributed by atoms with Crippen molar-refractivity contribution < 1.29 is 43.2 Å². The molecule has 9 nitrogen and oxygen atoms in total. The van der Waals surface area contributed by atoms with Gasteiger partial charge in [0, 0.05) is 34.7 Å². The van der Waals surface area contributed by atoms with Crippen molar-refractivity contribution in [1.29, 1.82) is 0 Å². The van der Waals surface area contributed by atoms with Crippen LogP contribution in [0.3, 0.4) is 0 Å². The number of aliphatic hydroxyl groups is 2. The Morgan fingerprint density at radius 1 is 1.00 bits per heavy atom. The predicted octanol–water partition coefficient (Wildman–Crippen LogP) is 2.09. The van der Waals surface area contributed by atoms with Gasteiger partial charge in [0.15, 0.2) is 6.10 Å². The van der Waals surface area contributed by atoms with E-state index in [1.54, 1.807) is 26.8 Å². The zero-order chi connectivity index (χ0) is 25.3. The van der Waals surface area contributed by atoms with Gasteiger partial charge in [-0.05, 0) is 33.3 Å². The molecule has 6 rings (SSSR count). The van der Waals surface area contributed by atoms with Crippen LogP contribution in [0.1, 0.15) is 65.5 Å². The maximum absolute atomic E-state index is 14.2. The van der Waals surface area contributed by atoms with Crippen LogP contribution in [-0.2, 0) is 28.6 Å². The van der Waals surface area contributed by atoms with Crippen LogP contribution in [0, 0.1) is 28.1 Å². The normalized spacial score (nSPS) is 52.1. The third-order valence-electron chi connectivity index (χ3n) is 10.4. The van der Waals surface area contributed by atoms with Gasteiger partial charge in [0.25, 0.3) is 0 Å². The minimum absolute atomic E-state index is 0.0207. The van der Waals surface area contributed by atoms with Crippen LogP contribution in [0.4, 0.5) is 0 Å². The molecule has 5 aliphatic rings. The summed E-state index contributed by atoms with van der Waals surface area (Å²) in [6, 6.07) is 1.71. The Bertz CT molecular complexity index is 1130. The number of hydrogen-bond acceptors (Lipinski definition) is 9. The zero-order valence-electron chi connectivity index (χ0n) is 20.6. The Balaban J connectivity index is 1.56. The van der Waals surface area contributed by atoms with E-state index in [2.05, 4.69) is 0 Å².